The maximum atomic E-state index is 13.0. The van der Waals surface area contributed by atoms with E-state index >= 15 is 0 Å². The Bertz CT molecular complexity index is 598. The number of nitrogens with two attached hydrogens (primary N) is 1. The molecule has 2 aromatic rings. The number of hydrogen-bond donors (Lipinski definition) is 1. The van der Waals surface area contributed by atoms with Gasteiger partial charge in [0.05, 0.1) is 11.4 Å². The average Bonchev–Trinajstić information content (AvgIpc) is 3.08. The molecule has 2 unspecified atom stereocenters. The summed E-state index contributed by atoms with van der Waals surface area (Å²) in [4.78, 5) is 2.44. The van der Waals surface area contributed by atoms with E-state index < -0.39 is 0 Å². The summed E-state index contributed by atoms with van der Waals surface area (Å²) in [5, 5.41) is 4.37. The van der Waals surface area contributed by atoms with Crippen molar-refractivity contribution in [2.24, 2.45) is 11.7 Å². The Hall–Kier alpha value is -1.43. The van der Waals surface area contributed by atoms with Gasteiger partial charge in [-0.15, -0.1) is 12.4 Å². The molecule has 1 fully saturated rings. The molecule has 1 saturated heterocycles. The summed E-state index contributed by atoms with van der Waals surface area (Å²) in [5.41, 5.74) is 7.79. The highest BCUT2D eigenvalue weighted by atomic mass is 35.5. The van der Waals surface area contributed by atoms with Crippen LogP contribution in [0.3, 0.4) is 0 Å². The molecule has 0 aliphatic carbocycles. The normalized spacial score (nSPS) is 21.8. The second-order valence-electron chi connectivity index (χ2n) is 5.83. The lowest BCUT2D eigenvalue weighted by Gasteiger charge is -2.21. The highest BCUT2D eigenvalue weighted by molar-refractivity contribution is 5.85. The van der Waals surface area contributed by atoms with Gasteiger partial charge in [0.1, 0.15) is 5.82 Å². The predicted molar refractivity (Wildman–Crippen MR) is 87.8 cm³/mol. The number of hydrogen-bond acceptors (Lipinski definition) is 3. The number of rotatable bonds is 4. The van der Waals surface area contributed by atoms with Gasteiger partial charge in [-0.25, -0.2) is 9.07 Å². The standard InChI is InChI=1S/C16H21FN4.ClH/c1-12-8-13(9-18)10-20(12)11-16-6-7-19-21(16)15-4-2-14(17)3-5-15;/h2-7,12-13H,8-11,18H2,1H3;1H. The largest absolute Gasteiger partial charge is 0.330 e. The third-order valence-corrected chi connectivity index (χ3v) is 4.28. The second-order valence-corrected chi connectivity index (χ2v) is 5.83. The van der Waals surface area contributed by atoms with Crippen molar-refractivity contribution < 1.29 is 4.39 Å². The Balaban J connectivity index is 0.00000176. The van der Waals surface area contributed by atoms with Crippen LogP contribution in [0.5, 0.6) is 0 Å². The fraction of sp³-hybridized carbons (Fsp3) is 0.438. The van der Waals surface area contributed by atoms with E-state index in [1.165, 1.54) is 12.1 Å². The molecule has 6 heteroatoms. The molecule has 1 aliphatic rings. The molecule has 2 N–H and O–H groups in total. The van der Waals surface area contributed by atoms with Crippen molar-refractivity contribution in [1.29, 1.82) is 0 Å². The first-order valence-corrected chi connectivity index (χ1v) is 7.40. The minimum absolute atomic E-state index is 0. The van der Waals surface area contributed by atoms with E-state index in [-0.39, 0.29) is 18.2 Å². The van der Waals surface area contributed by atoms with Crippen LogP contribution in [-0.2, 0) is 6.54 Å². The van der Waals surface area contributed by atoms with E-state index in [0.717, 1.165) is 37.4 Å². The van der Waals surface area contributed by atoms with Crippen molar-refractivity contribution >= 4 is 12.4 Å². The maximum Gasteiger partial charge on any atom is 0.123 e. The Kier molecular flexibility index (Phi) is 5.56. The zero-order valence-corrected chi connectivity index (χ0v) is 13.5. The van der Waals surface area contributed by atoms with Crippen molar-refractivity contribution in [2.45, 2.75) is 25.9 Å². The van der Waals surface area contributed by atoms with Gasteiger partial charge in [-0.3, -0.25) is 4.90 Å². The van der Waals surface area contributed by atoms with Gasteiger partial charge < -0.3 is 5.73 Å². The Morgan fingerprint density at radius 3 is 2.64 bits per heavy atom. The van der Waals surface area contributed by atoms with Gasteiger partial charge >= 0.3 is 0 Å². The van der Waals surface area contributed by atoms with Crippen LogP contribution in [0.2, 0.25) is 0 Å². The van der Waals surface area contributed by atoms with E-state index in [9.17, 15) is 4.39 Å². The molecule has 0 radical (unpaired) electrons. The van der Waals surface area contributed by atoms with Crippen molar-refractivity contribution in [3.63, 3.8) is 0 Å². The maximum absolute atomic E-state index is 13.0. The van der Waals surface area contributed by atoms with Gasteiger partial charge in [-0.05, 0) is 56.1 Å². The molecule has 3 rings (SSSR count). The van der Waals surface area contributed by atoms with Gasteiger partial charge in [0, 0.05) is 25.3 Å². The number of aromatic nitrogens is 2. The molecule has 1 aromatic carbocycles. The SMILES string of the molecule is CC1CC(CN)CN1Cc1ccnn1-c1ccc(F)cc1.Cl. The van der Waals surface area contributed by atoms with Crippen molar-refractivity contribution in [1.82, 2.24) is 14.7 Å². The molecule has 1 aromatic heterocycles. The summed E-state index contributed by atoms with van der Waals surface area (Å²) in [6.07, 6.45) is 2.95. The summed E-state index contributed by atoms with van der Waals surface area (Å²) >= 11 is 0. The number of likely N-dealkylation sites (tertiary alicyclic amines) is 1. The molecule has 2 atom stereocenters. The third-order valence-electron chi connectivity index (χ3n) is 4.28. The van der Waals surface area contributed by atoms with E-state index in [4.69, 9.17) is 5.73 Å². The molecule has 2 heterocycles. The monoisotopic (exact) mass is 324 g/mol. The molecule has 0 spiro atoms. The fourth-order valence-corrected chi connectivity index (χ4v) is 3.08. The van der Waals surface area contributed by atoms with Crippen LogP contribution in [0.25, 0.3) is 5.69 Å². The lowest BCUT2D eigenvalue weighted by atomic mass is 10.1. The number of nitrogens with zero attached hydrogens (tertiary/aromatic N) is 3. The molecular formula is C16H22ClFN4. The minimum atomic E-state index is -0.230. The van der Waals surface area contributed by atoms with Crippen LogP contribution in [0, 0.1) is 11.7 Å². The van der Waals surface area contributed by atoms with Crippen molar-refractivity contribution in [3.05, 3.63) is 48.0 Å². The fourth-order valence-electron chi connectivity index (χ4n) is 3.08. The zero-order chi connectivity index (χ0) is 14.8. The Morgan fingerprint density at radius 1 is 1.27 bits per heavy atom. The minimum Gasteiger partial charge on any atom is -0.330 e. The molecule has 0 bridgehead atoms. The van der Waals surface area contributed by atoms with Crippen LogP contribution in [-0.4, -0.2) is 33.8 Å². The van der Waals surface area contributed by atoms with Gasteiger partial charge in [-0.2, -0.15) is 5.10 Å². The highest BCUT2D eigenvalue weighted by Gasteiger charge is 2.28. The third kappa shape index (κ3) is 3.48. The lowest BCUT2D eigenvalue weighted by Crippen LogP contribution is -2.28. The topological polar surface area (TPSA) is 47.1 Å². The average molecular weight is 325 g/mol. The summed E-state index contributed by atoms with van der Waals surface area (Å²) < 4.78 is 14.9. The second kappa shape index (κ2) is 7.22. The predicted octanol–water partition coefficient (Wildman–Crippen LogP) is 2.60. The van der Waals surface area contributed by atoms with Gasteiger partial charge in [0.15, 0.2) is 0 Å². The van der Waals surface area contributed by atoms with Crippen molar-refractivity contribution in [2.75, 3.05) is 13.1 Å². The van der Waals surface area contributed by atoms with Crippen LogP contribution in [0.1, 0.15) is 19.0 Å². The summed E-state index contributed by atoms with van der Waals surface area (Å²) in [7, 11) is 0. The zero-order valence-electron chi connectivity index (χ0n) is 12.7. The molecule has 0 amide bonds. The first-order valence-electron chi connectivity index (χ1n) is 7.40. The molecular weight excluding hydrogens is 303 g/mol. The molecule has 4 nitrogen and oxygen atoms in total. The Morgan fingerprint density at radius 2 is 2.00 bits per heavy atom. The van der Waals surface area contributed by atoms with Gasteiger partial charge in [0.25, 0.3) is 0 Å². The molecule has 1 aliphatic heterocycles. The summed E-state index contributed by atoms with van der Waals surface area (Å²) in [6.45, 7) is 4.87. The smallest absolute Gasteiger partial charge is 0.123 e. The first-order chi connectivity index (χ1) is 10.2. The van der Waals surface area contributed by atoms with Crippen molar-refractivity contribution in [3.8, 4) is 5.69 Å². The molecule has 120 valence electrons. The van der Waals surface area contributed by atoms with E-state index in [1.807, 2.05) is 10.7 Å². The Labute approximate surface area is 136 Å². The molecule has 0 saturated carbocycles. The number of halogens is 2. The van der Waals surface area contributed by atoms with E-state index in [1.54, 1.807) is 18.3 Å². The first kappa shape index (κ1) is 16.9. The molecule has 22 heavy (non-hydrogen) atoms. The summed E-state index contributed by atoms with van der Waals surface area (Å²) in [5.74, 6) is 0.355. The quantitative estimate of drug-likeness (QED) is 0.940. The summed E-state index contributed by atoms with van der Waals surface area (Å²) in [6, 6.07) is 8.98. The van der Waals surface area contributed by atoms with Crippen LogP contribution < -0.4 is 5.73 Å². The van der Waals surface area contributed by atoms with Crippen LogP contribution >= 0.6 is 12.4 Å². The lowest BCUT2D eigenvalue weighted by molar-refractivity contribution is 0.250. The van der Waals surface area contributed by atoms with E-state index in [2.05, 4.69) is 16.9 Å². The van der Waals surface area contributed by atoms with Gasteiger partial charge in [0.2, 0.25) is 0 Å². The van der Waals surface area contributed by atoms with Gasteiger partial charge in [-0.1, -0.05) is 0 Å². The highest BCUT2D eigenvalue weighted by Crippen LogP contribution is 2.24. The van der Waals surface area contributed by atoms with Crippen LogP contribution in [0.15, 0.2) is 36.5 Å². The number of benzene rings is 1. The van der Waals surface area contributed by atoms with Crippen LogP contribution in [0.4, 0.5) is 4.39 Å². The van der Waals surface area contributed by atoms with E-state index in [0.29, 0.717) is 12.0 Å².